The molecule has 4 aromatic rings. The largest absolute Gasteiger partial charge is 0.462 e. The Kier molecular flexibility index (Phi) is 6.03. The molecule has 0 aliphatic carbocycles. The summed E-state index contributed by atoms with van der Waals surface area (Å²) in [6.45, 7) is 3.11. The number of likely N-dealkylation sites (tertiary alicyclic amines) is 1. The fourth-order valence-corrected chi connectivity index (χ4v) is 7.27. The minimum Gasteiger partial charge on any atom is -0.462 e. The number of piperazine rings is 1. The topological polar surface area (TPSA) is 92.4 Å². The minimum atomic E-state index is -0.504. The predicted molar refractivity (Wildman–Crippen MR) is 151 cm³/mol. The molecule has 3 N–H and O–H groups in total. The first-order valence-corrected chi connectivity index (χ1v) is 14.3. The summed E-state index contributed by atoms with van der Waals surface area (Å²) >= 11 is 8.18. The third-order valence-corrected chi connectivity index (χ3v) is 9.29. The molecule has 8 nitrogen and oxygen atoms in total. The Hall–Kier alpha value is -2.79. The van der Waals surface area contributed by atoms with Crippen molar-refractivity contribution in [2.45, 2.75) is 43.8 Å². The first kappa shape index (κ1) is 24.3. The zero-order chi connectivity index (χ0) is 26.0. The first-order chi connectivity index (χ1) is 18.4. The molecule has 7 rings (SSSR count). The van der Waals surface area contributed by atoms with Crippen LogP contribution in [-0.2, 0) is 0 Å². The van der Waals surface area contributed by atoms with Gasteiger partial charge in [-0.2, -0.15) is 9.97 Å². The van der Waals surface area contributed by atoms with Crippen LogP contribution in [0.25, 0.3) is 32.2 Å². The van der Waals surface area contributed by atoms with Crippen molar-refractivity contribution < 1.29 is 9.13 Å². The highest BCUT2D eigenvalue weighted by Gasteiger charge is 2.34. The van der Waals surface area contributed by atoms with Crippen molar-refractivity contribution in [2.24, 2.45) is 0 Å². The summed E-state index contributed by atoms with van der Waals surface area (Å²) in [6, 6.07) is 8.67. The fourth-order valence-electron chi connectivity index (χ4n) is 6.21. The Morgan fingerprint density at radius 1 is 1.16 bits per heavy atom. The van der Waals surface area contributed by atoms with Gasteiger partial charge in [0.05, 0.1) is 15.2 Å². The van der Waals surface area contributed by atoms with E-state index >= 15 is 4.39 Å². The van der Waals surface area contributed by atoms with Crippen molar-refractivity contribution >= 4 is 55.0 Å². The summed E-state index contributed by atoms with van der Waals surface area (Å²) in [6.07, 6.45) is 4.46. The van der Waals surface area contributed by atoms with Crippen molar-refractivity contribution in [1.29, 1.82) is 0 Å². The van der Waals surface area contributed by atoms with Crippen LogP contribution in [-0.4, -0.2) is 71.3 Å². The van der Waals surface area contributed by atoms with Gasteiger partial charge in [-0.15, -0.1) is 0 Å². The van der Waals surface area contributed by atoms with Crippen LogP contribution in [0.4, 0.5) is 15.3 Å². The molecule has 0 saturated carbocycles. The van der Waals surface area contributed by atoms with E-state index in [9.17, 15) is 0 Å². The Labute approximate surface area is 229 Å². The summed E-state index contributed by atoms with van der Waals surface area (Å²) in [7, 11) is 2.10. The maximum Gasteiger partial charge on any atom is 0.319 e. The summed E-state index contributed by atoms with van der Waals surface area (Å²) in [5, 5.41) is 4.96. The first-order valence-electron chi connectivity index (χ1n) is 13.1. The van der Waals surface area contributed by atoms with E-state index in [-0.39, 0.29) is 17.1 Å². The van der Waals surface area contributed by atoms with Crippen LogP contribution >= 0.6 is 22.9 Å². The quantitative estimate of drug-likeness (QED) is 0.367. The SMILES string of the molecule is CN1CCC[C@H]1COc1nc(N2CC3CCC(C2)N3)c2cc(Cl)c(-c3cccc4sc(N)nc34)c(F)c2n1. The molecule has 198 valence electrons. The molecule has 3 atom stereocenters. The number of para-hydroxylation sites is 1. The Balaban J connectivity index is 1.37. The van der Waals surface area contributed by atoms with E-state index < -0.39 is 5.82 Å². The second kappa shape index (κ2) is 9.44. The number of nitrogens with two attached hydrogens (primary N) is 1. The highest BCUT2D eigenvalue weighted by atomic mass is 35.5. The number of fused-ring (bicyclic) bond motifs is 4. The van der Waals surface area contributed by atoms with Crippen LogP contribution in [0.1, 0.15) is 25.7 Å². The Morgan fingerprint density at radius 3 is 2.74 bits per heavy atom. The lowest BCUT2D eigenvalue weighted by molar-refractivity contribution is 0.188. The van der Waals surface area contributed by atoms with Crippen LogP contribution in [0.15, 0.2) is 24.3 Å². The number of thiazole rings is 1. The van der Waals surface area contributed by atoms with Crippen LogP contribution < -0.4 is 20.7 Å². The number of likely N-dealkylation sites (N-methyl/N-ethyl adjacent to an activating group) is 1. The molecule has 0 spiro atoms. The lowest BCUT2D eigenvalue weighted by Crippen LogP contribution is -2.51. The predicted octanol–water partition coefficient (Wildman–Crippen LogP) is 4.69. The second-order valence-corrected chi connectivity index (χ2v) is 12.1. The number of aromatic nitrogens is 3. The molecule has 3 saturated heterocycles. The van der Waals surface area contributed by atoms with Gasteiger partial charge < -0.3 is 25.6 Å². The van der Waals surface area contributed by atoms with Crippen molar-refractivity contribution in [3.05, 3.63) is 35.1 Å². The summed E-state index contributed by atoms with van der Waals surface area (Å²) in [5.74, 6) is 0.169. The van der Waals surface area contributed by atoms with Crippen LogP contribution in [0.2, 0.25) is 5.02 Å². The van der Waals surface area contributed by atoms with Gasteiger partial charge in [-0.25, -0.2) is 9.37 Å². The number of hydrogen-bond acceptors (Lipinski definition) is 9. The molecule has 3 aliphatic heterocycles. The molecule has 38 heavy (non-hydrogen) atoms. The smallest absolute Gasteiger partial charge is 0.319 e. The maximum atomic E-state index is 16.5. The highest BCUT2D eigenvalue weighted by molar-refractivity contribution is 7.22. The minimum absolute atomic E-state index is 0.196. The number of ether oxygens (including phenoxy) is 1. The molecule has 0 radical (unpaired) electrons. The Morgan fingerprint density at radius 2 is 1.97 bits per heavy atom. The number of rotatable bonds is 5. The molecule has 11 heteroatoms. The van der Waals surface area contributed by atoms with Gasteiger partial charge in [0.2, 0.25) is 0 Å². The van der Waals surface area contributed by atoms with Crippen molar-refractivity contribution in [3.8, 4) is 17.1 Å². The van der Waals surface area contributed by atoms with Crippen molar-refractivity contribution in [1.82, 2.24) is 25.2 Å². The molecule has 0 amide bonds. The molecule has 3 aliphatic rings. The van der Waals surface area contributed by atoms with E-state index in [1.165, 1.54) is 11.3 Å². The molecule has 2 bridgehead atoms. The number of nitrogens with one attached hydrogen (secondary N) is 1. The van der Waals surface area contributed by atoms with E-state index in [0.29, 0.717) is 57.2 Å². The van der Waals surface area contributed by atoms with E-state index in [1.807, 2.05) is 18.2 Å². The molecule has 3 fully saturated rings. The lowest BCUT2D eigenvalue weighted by Gasteiger charge is -2.34. The lowest BCUT2D eigenvalue weighted by atomic mass is 10.0. The van der Waals surface area contributed by atoms with Gasteiger partial charge in [0, 0.05) is 47.7 Å². The third-order valence-electron chi connectivity index (χ3n) is 8.14. The van der Waals surface area contributed by atoms with E-state index in [4.69, 9.17) is 27.1 Å². The van der Waals surface area contributed by atoms with Gasteiger partial charge in [-0.1, -0.05) is 35.1 Å². The molecule has 5 heterocycles. The van der Waals surface area contributed by atoms with Gasteiger partial charge in [0.15, 0.2) is 10.9 Å². The molecule has 2 aromatic carbocycles. The van der Waals surface area contributed by atoms with Gasteiger partial charge in [0.1, 0.15) is 17.9 Å². The average molecular weight is 554 g/mol. The number of benzene rings is 2. The van der Waals surface area contributed by atoms with Crippen LogP contribution in [0.3, 0.4) is 0 Å². The number of nitrogen functional groups attached to an aromatic ring is 1. The van der Waals surface area contributed by atoms with E-state index in [0.717, 1.165) is 50.0 Å². The normalized spacial score (nSPS) is 23.7. The number of anilines is 2. The zero-order valence-electron chi connectivity index (χ0n) is 21.1. The van der Waals surface area contributed by atoms with Crippen molar-refractivity contribution in [2.75, 3.05) is 43.9 Å². The number of nitrogens with zero attached hydrogens (tertiary/aromatic N) is 5. The maximum absolute atomic E-state index is 16.5. The van der Waals surface area contributed by atoms with Gasteiger partial charge in [-0.05, 0) is 51.4 Å². The van der Waals surface area contributed by atoms with Gasteiger partial charge in [-0.3, -0.25) is 0 Å². The molecule has 2 aromatic heterocycles. The second-order valence-electron chi connectivity index (χ2n) is 10.6. The zero-order valence-corrected chi connectivity index (χ0v) is 22.7. The standard InChI is InChI=1S/C27H29ClFN7OS/c1-35-9-3-4-16(35)13-37-27-33-24-18(25(34-27)36-11-14-7-8-15(12-36)31-14)10-19(28)21(22(24)29)17-5-2-6-20-23(17)32-26(30)38-20/h2,5-6,10,14-16,31H,3-4,7-9,11-13H2,1H3,(H2,30,32)/t14?,15?,16-/m0/s1. The van der Waals surface area contributed by atoms with Gasteiger partial charge >= 0.3 is 6.01 Å². The summed E-state index contributed by atoms with van der Waals surface area (Å²) in [4.78, 5) is 18.4. The van der Waals surface area contributed by atoms with Crippen LogP contribution in [0.5, 0.6) is 6.01 Å². The van der Waals surface area contributed by atoms with Crippen molar-refractivity contribution in [3.63, 3.8) is 0 Å². The van der Waals surface area contributed by atoms with Crippen LogP contribution in [0, 0.1) is 5.82 Å². The average Bonchev–Trinajstić information content (AvgIpc) is 3.59. The van der Waals surface area contributed by atoms with E-state index in [1.54, 1.807) is 6.07 Å². The molecule has 2 unspecified atom stereocenters. The highest BCUT2D eigenvalue weighted by Crippen LogP contribution is 2.42. The number of hydrogen-bond donors (Lipinski definition) is 2. The third kappa shape index (κ3) is 4.14. The molecular formula is C27H29ClFN7OS. The van der Waals surface area contributed by atoms with E-state index in [2.05, 4.69) is 32.1 Å². The monoisotopic (exact) mass is 553 g/mol. The number of halogens is 2. The van der Waals surface area contributed by atoms with Gasteiger partial charge in [0.25, 0.3) is 0 Å². The fraction of sp³-hybridized carbons (Fsp3) is 0.444. The summed E-state index contributed by atoms with van der Waals surface area (Å²) in [5.41, 5.74) is 7.67. The molecular weight excluding hydrogens is 525 g/mol. The Bertz CT molecular complexity index is 1540. The summed E-state index contributed by atoms with van der Waals surface area (Å²) < 4.78 is 23.5.